The molecule has 0 fully saturated rings. The molecule has 0 heterocycles. The molecular weight excluding hydrogens is 376 g/mol. The van der Waals surface area contributed by atoms with Crippen LogP contribution in [0.1, 0.15) is 24.5 Å². The van der Waals surface area contributed by atoms with Crippen LogP contribution in [0.25, 0.3) is 11.1 Å². The number of hydrogen-bond donors (Lipinski definition) is 3. The maximum absolute atomic E-state index is 12.1. The third-order valence-corrected chi connectivity index (χ3v) is 5.47. The highest BCUT2D eigenvalue weighted by Gasteiger charge is 2.27. The number of ether oxygens (including phenoxy) is 1. The first kappa shape index (κ1) is 20.1. The first-order valence-electron chi connectivity index (χ1n) is 10.2. The van der Waals surface area contributed by atoms with Gasteiger partial charge in [0, 0.05) is 5.69 Å². The second-order valence-corrected chi connectivity index (χ2v) is 7.99. The first-order valence-corrected chi connectivity index (χ1v) is 10.2. The number of fused-ring (bicyclic) bond motifs is 3. The Bertz CT molecular complexity index is 1060. The van der Waals surface area contributed by atoms with Crippen molar-refractivity contribution in [2.24, 2.45) is 5.73 Å². The third-order valence-electron chi connectivity index (χ3n) is 5.47. The molecule has 3 aromatic rings. The molecule has 1 amide bonds. The molecule has 1 atom stereocenters. The summed E-state index contributed by atoms with van der Waals surface area (Å²) in [6.07, 6.45) is 3.23. The Labute approximate surface area is 176 Å². The minimum atomic E-state index is -1.32. The largest absolute Gasteiger partial charge is 0.457 e. The average molecular weight is 402 g/mol. The monoisotopic (exact) mass is 402 g/mol. The summed E-state index contributed by atoms with van der Waals surface area (Å²) in [5.41, 5.74) is 10.3. The van der Waals surface area contributed by atoms with E-state index in [2.05, 4.69) is 41.7 Å². The number of hydrogen-bond acceptors (Lipinski definition) is 4. The van der Waals surface area contributed by atoms with Gasteiger partial charge in [-0.05, 0) is 84.8 Å². The van der Waals surface area contributed by atoms with Gasteiger partial charge in [0.25, 0.3) is 0 Å². The van der Waals surface area contributed by atoms with E-state index in [4.69, 9.17) is 10.5 Å². The van der Waals surface area contributed by atoms with E-state index in [-0.39, 0.29) is 0 Å². The minimum absolute atomic E-state index is 0.428. The molecule has 1 aliphatic rings. The van der Waals surface area contributed by atoms with Gasteiger partial charge in [-0.1, -0.05) is 30.3 Å². The summed E-state index contributed by atoms with van der Waals surface area (Å²) in [4.78, 5) is 12.1. The van der Waals surface area contributed by atoms with E-state index in [1.165, 1.54) is 29.2 Å². The van der Waals surface area contributed by atoms with Crippen molar-refractivity contribution in [3.05, 3.63) is 77.9 Å². The van der Waals surface area contributed by atoms with Crippen molar-refractivity contribution in [2.45, 2.75) is 31.7 Å². The molecule has 154 valence electrons. The molecule has 3 aromatic carbocycles. The lowest BCUT2D eigenvalue weighted by Gasteiger charge is -2.20. The molecule has 30 heavy (non-hydrogen) atoms. The van der Waals surface area contributed by atoms with Gasteiger partial charge in [0.1, 0.15) is 17.0 Å². The third kappa shape index (κ3) is 4.22. The van der Waals surface area contributed by atoms with Gasteiger partial charge >= 0.3 is 0 Å². The number of aliphatic hydroxyl groups excluding tert-OH is 1. The van der Waals surface area contributed by atoms with Gasteiger partial charge in [0.05, 0.1) is 6.61 Å². The summed E-state index contributed by atoms with van der Waals surface area (Å²) < 4.78 is 6.04. The van der Waals surface area contributed by atoms with Crippen LogP contribution in [0.15, 0.2) is 66.7 Å². The van der Waals surface area contributed by atoms with Gasteiger partial charge in [-0.3, -0.25) is 4.79 Å². The molecule has 0 bridgehead atoms. The van der Waals surface area contributed by atoms with Crippen LogP contribution < -0.4 is 15.8 Å². The average Bonchev–Trinajstić information content (AvgIpc) is 2.94. The highest BCUT2D eigenvalue weighted by Crippen LogP contribution is 2.35. The van der Waals surface area contributed by atoms with Gasteiger partial charge in [0.2, 0.25) is 5.91 Å². The number of rotatable bonds is 5. The van der Waals surface area contributed by atoms with Gasteiger partial charge in [-0.25, -0.2) is 0 Å². The predicted octanol–water partition coefficient (Wildman–Crippen LogP) is 4.28. The van der Waals surface area contributed by atoms with Crippen molar-refractivity contribution in [3.63, 3.8) is 0 Å². The molecule has 0 aromatic heterocycles. The Morgan fingerprint density at radius 1 is 1.00 bits per heavy atom. The molecule has 0 aliphatic heterocycles. The van der Waals surface area contributed by atoms with Crippen LogP contribution in [0, 0.1) is 0 Å². The number of aryl methyl sites for hydroxylation is 2. The molecule has 0 spiro atoms. The van der Waals surface area contributed by atoms with Gasteiger partial charge in [-0.2, -0.15) is 0 Å². The van der Waals surface area contributed by atoms with E-state index in [0.717, 1.165) is 25.0 Å². The molecule has 5 nitrogen and oxygen atoms in total. The van der Waals surface area contributed by atoms with Crippen molar-refractivity contribution in [1.29, 1.82) is 0 Å². The smallest absolute Gasteiger partial charge is 0.246 e. The fraction of sp³-hybridized carbons (Fsp3) is 0.240. The Kier molecular flexibility index (Phi) is 5.57. The predicted molar refractivity (Wildman–Crippen MR) is 119 cm³/mol. The lowest BCUT2D eigenvalue weighted by molar-refractivity contribution is -0.121. The number of benzene rings is 3. The molecule has 4 rings (SSSR count). The number of carbonyl (C=O) groups excluding carboxylic acids is 1. The van der Waals surface area contributed by atoms with Crippen molar-refractivity contribution in [1.82, 2.24) is 0 Å². The molecule has 0 radical (unpaired) electrons. The van der Waals surface area contributed by atoms with Crippen LogP contribution in [0.3, 0.4) is 0 Å². The highest BCUT2D eigenvalue weighted by molar-refractivity contribution is 5.97. The quantitative estimate of drug-likeness (QED) is 0.595. The molecule has 4 N–H and O–H groups in total. The topological polar surface area (TPSA) is 84.6 Å². The highest BCUT2D eigenvalue weighted by atomic mass is 16.5. The second kappa shape index (κ2) is 8.30. The fourth-order valence-electron chi connectivity index (χ4n) is 3.66. The minimum Gasteiger partial charge on any atom is -0.457 e. The van der Waals surface area contributed by atoms with E-state index >= 15 is 0 Å². The summed E-state index contributed by atoms with van der Waals surface area (Å²) >= 11 is 0. The Hall–Kier alpha value is -3.15. The van der Waals surface area contributed by atoms with E-state index in [1.807, 2.05) is 6.07 Å². The molecule has 0 unspecified atom stereocenters. The molecular formula is C25H26N2O3. The Morgan fingerprint density at radius 2 is 1.67 bits per heavy atom. The lowest BCUT2D eigenvalue weighted by Crippen LogP contribution is -2.51. The molecule has 0 saturated heterocycles. The summed E-state index contributed by atoms with van der Waals surface area (Å²) in [5, 5.41) is 11.9. The van der Waals surface area contributed by atoms with E-state index < -0.39 is 18.1 Å². The number of aliphatic hydroxyl groups is 1. The zero-order valence-corrected chi connectivity index (χ0v) is 17.0. The van der Waals surface area contributed by atoms with Crippen molar-refractivity contribution in [2.75, 3.05) is 11.9 Å². The van der Waals surface area contributed by atoms with Crippen LogP contribution in [0.5, 0.6) is 11.5 Å². The molecule has 1 aliphatic carbocycles. The van der Waals surface area contributed by atoms with Gasteiger partial charge < -0.3 is 20.9 Å². The zero-order chi connectivity index (χ0) is 21.1. The van der Waals surface area contributed by atoms with Gasteiger partial charge in [0.15, 0.2) is 0 Å². The van der Waals surface area contributed by atoms with Gasteiger partial charge in [-0.15, -0.1) is 0 Å². The lowest BCUT2D eigenvalue weighted by atomic mass is 9.96. The molecule has 5 heteroatoms. The van der Waals surface area contributed by atoms with Crippen molar-refractivity contribution in [3.8, 4) is 22.6 Å². The maximum atomic E-state index is 12.1. The van der Waals surface area contributed by atoms with Crippen LogP contribution in [-0.4, -0.2) is 23.2 Å². The second-order valence-electron chi connectivity index (χ2n) is 7.99. The summed E-state index contributed by atoms with van der Waals surface area (Å²) in [5.74, 6) is 1.03. The van der Waals surface area contributed by atoms with Crippen LogP contribution in [0.4, 0.5) is 5.69 Å². The number of nitrogens with two attached hydrogens (primary N) is 1. The SMILES string of the molecule is C[C@](N)(CO)C(=O)Nc1ccc(Oc2ccc3c(c2)CCCc2ccccc2-3)cc1. The van der Waals surface area contributed by atoms with E-state index in [1.54, 1.807) is 24.3 Å². The van der Waals surface area contributed by atoms with Crippen LogP contribution in [0.2, 0.25) is 0 Å². The van der Waals surface area contributed by atoms with E-state index in [0.29, 0.717) is 11.4 Å². The van der Waals surface area contributed by atoms with Crippen LogP contribution >= 0.6 is 0 Å². The number of carbonyl (C=O) groups is 1. The number of anilines is 1. The number of nitrogens with one attached hydrogen (secondary N) is 1. The summed E-state index contributed by atoms with van der Waals surface area (Å²) in [6, 6.07) is 21.9. The van der Waals surface area contributed by atoms with Crippen molar-refractivity contribution >= 4 is 11.6 Å². The Balaban J connectivity index is 1.49. The van der Waals surface area contributed by atoms with Crippen LogP contribution in [-0.2, 0) is 17.6 Å². The maximum Gasteiger partial charge on any atom is 0.246 e. The van der Waals surface area contributed by atoms with Crippen molar-refractivity contribution < 1.29 is 14.6 Å². The summed E-state index contributed by atoms with van der Waals surface area (Å²) in [7, 11) is 0. The first-order chi connectivity index (χ1) is 14.5. The van der Waals surface area contributed by atoms with E-state index in [9.17, 15) is 9.90 Å². The number of amides is 1. The Morgan fingerprint density at radius 3 is 2.43 bits per heavy atom. The standard InChI is InChI=1S/C25H26N2O3/c1-25(26,16-28)24(29)27-19-9-11-20(12-10-19)30-21-13-14-23-18(15-21)7-4-6-17-5-2-3-8-22(17)23/h2-3,5,8-15,28H,4,6-7,16,26H2,1H3,(H,27,29)/t25-/m0/s1. The fourth-order valence-corrected chi connectivity index (χ4v) is 3.66. The summed E-state index contributed by atoms with van der Waals surface area (Å²) in [6.45, 7) is 1.05. The zero-order valence-electron chi connectivity index (χ0n) is 17.0. The molecule has 0 saturated carbocycles. The normalized spacial score (nSPS) is 14.6.